The van der Waals surface area contributed by atoms with Gasteiger partial charge in [0.25, 0.3) is 6.02 Å². The molecule has 0 saturated heterocycles. The first kappa shape index (κ1) is 17.3. The molecule has 1 N–H and O–H groups in total. The summed E-state index contributed by atoms with van der Waals surface area (Å²) in [5.74, 6) is -0.425. The number of ether oxygens (including phenoxy) is 2. The Kier molecular flexibility index (Phi) is 5.00. The van der Waals surface area contributed by atoms with E-state index in [9.17, 15) is 4.79 Å². The minimum absolute atomic E-state index is 0.333. The van der Waals surface area contributed by atoms with Gasteiger partial charge < -0.3 is 14.8 Å². The van der Waals surface area contributed by atoms with Crippen molar-refractivity contribution in [3.63, 3.8) is 0 Å². The van der Waals surface area contributed by atoms with Crippen molar-refractivity contribution in [1.82, 2.24) is 5.32 Å². The number of carbonyl (C=O) groups is 1. The lowest BCUT2D eigenvalue weighted by atomic mass is 9.96. The predicted octanol–water partition coefficient (Wildman–Crippen LogP) is 3.60. The number of carbonyl (C=O) groups excluding carboxylic acids is 1. The highest BCUT2D eigenvalue weighted by Gasteiger charge is 2.33. The number of nitrogens with one attached hydrogen (secondary N) is 1. The van der Waals surface area contributed by atoms with Gasteiger partial charge in [-0.05, 0) is 33.8 Å². The van der Waals surface area contributed by atoms with Crippen LogP contribution in [0.15, 0.2) is 40.5 Å². The van der Waals surface area contributed by atoms with Crippen molar-refractivity contribution in [3.8, 4) is 0 Å². The zero-order valence-electron chi connectivity index (χ0n) is 13.9. The molecule has 0 fully saturated rings. The fourth-order valence-electron chi connectivity index (χ4n) is 2.27. The highest BCUT2D eigenvalue weighted by Crippen LogP contribution is 2.35. The van der Waals surface area contributed by atoms with Crippen molar-refractivity contribution in [2.24, 2.45) is 4.99 Å². The summed E-state index contributed by atoms with van der Waals surface area (Å²) in [6.45, 7) is 7.26. The van der Waals surface area contributed by atoms with Gasteiger partial charge in [-0.25, -0.2) is 9.79 Å². The smallest absolute Gasteiger partial charge is 0.338 e. The third-order valence-electron chi connectivity index (χ3n) is 3.23. The minimum atomic E-state index is -0.597. The van der Waals surface area contributed by atoms with Crippen LogP contribution < -0.4 is 5.32 Å². The molecule has 2 rings (SSSR count). The van der Waals surface area contributed by atoms with Crippen LogP contribution in [0.5, 0.6) is 0 Å². The molecule has 1 aliphatic heterocycles. The molecule has 1 aromatic rings. The molecule has 1 aromatic carbocycles. The molecule has 0 saturated carbocycles. The van der Waals surface area contributed by atoms with Gasteiger partial charge in [-0.3, -0.25) is 0 Å². The number of hydrogen-bond donors (Lipinski definition) is 1. The van der Waals surface area contributed by atoms with Gasteiger partial charge in [0, 0.05) is 16.3 Å². The first-order valence-corrected chi connectivity index (χ1v) is 7.68. The fourth-order valence-corrected chi connectivity index (χ4v) is 2.51. The van der Waals surface area contributed by atoms with Gasteiger partial charge in [0.1, 0.15) is 11.6 Å². The molecule has 124 valence electrons. The van der Waals surface area contributed by atoms with E-state index in [0.717, 1.165) is 5.56 Å². The molecule has 0 radical (unpaired) electrons. The molecule has 0 amide bonds. The Balaban J connectivity index is 2.49. The Bertz CT molecular complexity index is 675. The van der Waals surface area contributed by atoms with E-state index in [1.165, 1.54) is 7.11 Å². The molecule has 0 spiro atoms. The summed E-state index contributed by atoms with van der Waals surface area (Å²) in [7, 11) is 1.52. The molecule has 23 heavy (non-hydrogen) atoms. The minimum Gasteiger partial charge on any atom is -0.468 e. The second-order valence-electron chi connectivity index (χ2n) is 6.23. The third-order valence-corrected chi connectivity index (χ3v) is 3.57. The Morgan fingerprint density at radius 1 is 1.30 bits per heavy atom. The lowest BCUT2D eigenvalue weighted by Crippen LogP contribution is -2.35. The monoisotopic (exact) mass is 336 g/mol. The maximum Gasteiger partial charge on any atom is 0.338 e. The van der Waals surface area contributed by atoms with Crippen molar-refractivity contribution in [2.45, 2.75) is 39.3 Å². The van der Waals surface area contributed by atoms with Gasteiger partial charge in [0.05, 0.1) is 12.7 Å². The van der Waals surface area contributed by atoms with Crippen LogP contribution in [-0.2, 0) is 14.3 Å². The number of allylic oxidation sites excluding steroid dienone is 1. The average Bonchev–Trinajstić information content (AvgIpc) is 2.44. The molecule has 1 atom stereocenters. The number of halogens is 1. The lowest BCUT2D eigenvalue weighted by Gasteiger charge is -2.28. The molecular weight excluding hydrogens is 316 g/mol. The fraction of sp³-hybridized carbons (Fsp3) is 0.412. The van der Waals surface area contributed by atoms with E-state index in [2.05, 4.69) is 10.3 Å². The third kappa shape index (κ3) is 4.05. The van der Waals surface area contributed by atoms with Gasteiger partial charge in [-0.15, -0.1) is 0 Å². The van der Waals surface area contributed by atoms with Gasteiger partial charge in [0.2, 0.25) is 0 Å². The van der Waals surface area contributed by atoms with E-state index in [1.54, 1.807) is 13.0 Å². The Morgan fingerprint density at radius 3 is 2.52 bits per heavy atom. The van der Waals surface area contributed by atoms with Crippen LogP contribution in [0.3, 0.4) is 0 Å². The molecule has 1 unspecified atom stereocenters. The number of amidine groups is 1. The molecule has 6 heteroatoms. The van der Waals surface area contributed by atoms with E-state index in [4.69, 9.17) is 21.1 Å². The van der Waals surface area contributed by atoms with Crippen LogP contribution in [-0.4, -0.2) is 24.7 Å². The molecule has 0 aromatic heterocycles. The summed E-state index contributed by atoms with van der Waals surface area (Å²) in [6, 6.07) is 7.05. The molecule has 1 heterocycles. The van der Waals surface area contributed by atoms with Gasteiger partial charge >= 0.3 is 5.97 Å². The van der Waals surface area contributed by atoms with E-state index < -0.39 is 17.6 Å². The lowest BCUT2D eigenvalue weighted by molar-refractivity contribution is -0.150. The van der Waals surface area contributed by atoms with Gasteiger partial charge in [0.15, 0.2) is 0 Å². The van der Waals surface area contributed by atoms with Crippen molar-refractivity contribution in [2.75, 3.05) is 7.11 Å². The predicted molar refractivity (Wildman–Crippen MR) is 90.3 cm³/mol. The molecular formula is C17H21ClN2O3. The molecule has 5 nitrogen and oxygen atoms in total. The standard InChI is InChI=1S/C17H21ClN2O3/c1-10-13(15(21)23-17(2,3)4)14(20-16(19-10)22-5)11-8-6-7-9-12(11)18/h6-9,14H,1-5H3,(H,19,20). The van der Waals surface area contributed by atoms with Crippen LogP contribution >= 0.6 is 11.6 Å². The van der Waals surface area contributed by atoms with E-state index >= 15 is 0 Å². The zero-order valence-corrected chi connectivity index (χ0v) is 14.7. The first-order valence-electron chi connectivity index (χ1n) is 7.30. The van der Waals surface area contributed by atoms with Crippen LogP contribution in [0.1, 0.15) is 39.3 Å². The second kappa shape index (κ2) is 6.62. The normalized spacial score (nSPS) is 18.2. The summed E-state index contributed by atoms with van der Waals surface area (Å²) in [4.78, 5) is 17.1. The number of benzene rings is 1. The Morgan fingerprint density at radius 2 is 1.96 bits per heavy atom. The first-order chi connectivity index (χ1) is 10.7. The van der Waals surface area contributed by atoms with Crippen molar-refractivity contribution in [1.29, 1.82) is 0 Å². The summed E-state index contributed by atoms with van der Waals surface area (Å²) in [5, 5.41) is 3.50. The maximum absolute atomic E-state index is 12.6. The van der Waals surface area contributed by atoms with Crippen LogP contribution in [0.4, 0.5) is 0 Å². The van der Waals surface area contributed by atoms with Crippen LogP contribution in [0, 0.1) is 0 Å². The molecule has 1 aliphatic rings. The van der Waals surface area contributed by atoms with E-state index in [1.807, 2.05) is 39.0 Å². The number of nitrogens with zero attached hydrogens (tertiary/aromatic N) is 1. The van der Waals surface area contributed by atoms with Crippen molar-refractivity contribution in [3.05, 3.63) is 46.1 Å². The topological polar surface area (TPSA) is 59.9 Å². The van der Waals surface area contributed by atoms with Gasteiger partial charge in [-0.1, -0.05) is 29.8 Å². The number of hydrogen-bond acceptors (Lipinski definition) is 5. The Hall–Kier alpha value is -2.01. The summed E-state index contributed by atoms with van der Waals surface area (Å²) in [6.07, 6.45) is 0. The second-order valence-corrected chi connectivity index (χ2v) is 6.64. The number of aliphatic imine (C=N–C) groups is 1. The molecule has 0 bridgehead atoms. The Labute approximate surface area is 141 Å². The van der Waals surface area contributed by atoms with Gasteiger partial charge in [-0.2, -0.15) is 0 Å². The van der Waals surface area contributed by atoms with Crippen molar-refractivity contribution >= 4 is 23.6 Å². The number of methoxy groups -OCH3 is 1. The largest absolute Gasteiger partial charge is 0.468 e. The highest BCUT2D eigenvalue weighted by molar-refractivity contribution is 6.31. The number of esters is 1. The summed E-state index contributed by atoms with van der Waals surface area (Å²) in [5.41, 5.74) is 1.19. The quantitative estimate of drug-likeness (QED) is 0.838. The van der Waals surface area contributed by atoms with E-state index in [0.29, 0.717) is 22.3 Å². The number of rotatable bonds is 2. The average molecular weight is 337 g/mol. The SMILES string of the molecule is COC1=NC(c2ccccc2Cl)C(C(=O)OC(C)(C)C)=C(C)N1. The zero-order chi connectivity index (χ0) is 17.2. The van der Waals surface area contributed by atoms with Crippen LogP contribution in [0.2, 0.25) is 5.02 Å². The summed E-state index contributed by atoms with van der Waals surface area (Å²) >= 11 is 6.29. The van der Waals surface area contributed by atoms with E-state index in [-0.39, 0.29) is 0 Å². The molecule has 0 aliphatic carbocycles. The van der Waals surface area contributed by atoms with Crippen LogP contribution in [0.25, 0.3) is 0 Å². The highest BCUT2D eigenvalue weighted by atomic mass is 35.5. The van der Waals surface area contributed by atoms with Crippen molar-refractivity contribution < 1.29 is 14.3 Å². The maximum atomic E-state index is 12.6. The summed E-state index contributed by atoms with van der Waals surface area (Å²) < 4.78 is 10.7.